The van der Waals surface area contributed by atoms with Gasteiger partial charge in [-0.25, -0.2) is 9.07 Å². The summed E-state index contributed by atoms with van der Waals surface area (Å²) in [5, 5.41) is 14.1. The molecule has 0 spiro atoms. The van der Waals surface area contributed by atoms with Crippen LogP contribution in [0.15, 0.2) is 48.5 Å². The molecule has 0 saturated heterocycles. The summed E-state index contributed by atoms with van der Waals surface area (Å²) in [6.07, 6.45) is 0.101. The van der Waals surface area contributed by atoms with Crippen LogP contribution in [-0.2, 0) is 11.8 Å². The standard InChI is InChI=1S/C17H16FN5O2/c1-23-17(20-21-22-23)12-5-4-6-13(11-12)19-16(24)9-10-25-15-8-3-2-7-14(15)18/h2-8,11H,9-10H2,1H3,(H,19,24). The maximum Gasteiger partial charge on any atom is 0.227 e. The highest BCUT2D eigenvalue weighted by atomic mass is 19.1. The number of nitrogens with one attached hydrogen (secondary N) is 1. The summed E-state index contributed by atoms with van der Waals surface area (Å²) in [6, 6.07) is 13.3. The van der Waals surface area contributed by atoms with E-state index in [1.807, 2.05) is 6.07 Å². The molecule has 3 rings (SSSR count). The third kappa shape index (κ3) is 4.17. The Morgan fingerprint density at radius 3 is 2.84 bits per heavy atom. The zero-order valence-electron chi connectivity index (χ0n) is 13.5. The number of aryl methyl sites for hydroxylation is 1. The Morgan fingerprint density at radius 1 is 1.24 bits per heavy atom. The van der Waals surface area contributed by atoms with E-state index in [2.05, 4.69) is 20.8 Å². The molecule has 0 radical (unpaired) electrons. The molecule has 1 N–H and O–H groups in total. The minimum atomic E-state index is -0.451. The minimum Gasteiger partial charge on any atom is -0.490 e. The second-order valence-electron chi connectivity index (χ2n) is 5.28. The van der Waals surface area contributed by atoms with Crippen molar-refractivity contribution >= 4 is 11.6 Å². The van der Waals surface area contributed by atoms with E-state index in [0.717, 1.165) is 5.56 Å². The molecule has 7 nitrogen and oxygen atoms in total. The van der Waals surface area contributed by atoms with Crippen molar-refractivity contribution in [3.05, 3.63) is 54.3 Å². The first-order chi connectivity index (χ1) is 12.1. The van der Waals surface area contributed by atoms with Gasteiger partial charge in [-0.15, -0.1) is 5.10 Å². The minimum absolute atomic E-state index is 0.0830. The Bertz CT molecular complexity index is 881. The van der Waals surface area contributed by atoms with Gasteiger partial charge < -0.3 is 10.1 Å². The van der Waals surface area contributed by atoms with Crippen molar-refractivity contribution in [3.8, 4) is 17.1 Å². The molecule has 0 aliphatic carbocycles. The fourth-order valence-corrected chi connectivity index (χ4v) is 2.25. The number of hydrogen-bond donors (Lipinski definition) is 1. The highest BCUT2D eigenvalue weighted by Gasteiger charge is 2.09. The van der Waals surface area contributed by atoms with E-state index in [1.54, 1.807) is 42.1 Å². The van der Waals surface area contributed by atoms with Gasteiger partial charge in [0.1, 0.15) is 0 Å². The van der Waals surface area contributed by atoms with Gasteiger partial charge in [0.15, 0.2) is 17.4 Å². The van der Waals surface area contributed by atoms with Crippen LogP contribution in [0.2, 0.25) is 0 Å². The van der Waals surface area contributed by atoms with Crippen LogP contribution in [0.1, 0.15) is 6.42 Å². The van der Waals surface area contributed by atoms with Crippen molar-refractivity contribution in [2.75, 3.05) is 11.9 Å². The van der Waals surface area contributed by atoms with E-state index < -0.39 is 5.82 Å². The molecule has 0 fully saturated rings. The van der Waals surface area contributed by atoms with E-state index in [9.17, 15) is 9.18 Å². The molecule has 3 aromatic rings. The largest absolute Gasteiger partial charge is 0.490 e. The second kappa shape index (κ2) is 7.52. The molecule has 1 heterocycles. The van der Waals surface area contributed by atoms with Gasteiger partial charge in [0.2, 0.25) is 5.91 Å². The van der Waals surface area contributed by atoms with Crippen LogP contribution in [0.3, 0.4) is 0 Å². The zero-order chi connectivity index (χ0) is 17.6. The van der Waals surface area contributed by atoms with Gasteiger partial charge in [0.05, 0.1) is 13.0 Å². The lowest BCUT2D eigenvalue weighted by Crippen LogP contribution is -2.15. The monoisotopic (exact) mass is 341 g/mol. The van der Waals surface area contributed by atoms with Gasteiger partial charge in [0, 0.05) is 18.3 Å². The van der Waals surface area contributed by atoms with Crippen LogP contribution in [-0.4, -0.2) is 32.7 Å². The number of tetrazole rings is 1. The first-order valence-corrected chi connectivity index (χ1v) is 7.63. The lowest BCUT2D eigenvalue weighted by molar-refractivity contribution is -0.116. The van der Waals surface area contributed by atoms with Crippen LogP contribution >= 0.6 is 0 Å². The molecule has 1 amide bonds. The SMILES string of the molecule is Cn1nnnc1-c1cccc(NC(=O)CCOc2ccccc2F)c1. The molecule has 0 bridgehead atoms. The third-order valence-corrected chi connectivity index (χ3v) is 3.45. The average Bonchev–Trinajstić information content (AvgIpc) is 3.03. The number of amides is 1. The molecule has 25 heavy (non-hydrogen) atoms. The van der Waals surface area contributed by atoms with Crippen LogP contribution in [0.25, 0.3) is 11.4 Å². The molecule has 0 unspecified atom stereocenters. The Morgan fingerprint density at radius 2 is 2.08 bits per heavy atom. The number of anilines is 1. The molecular weight excluding hydrogens is 325 g/mol. The van der Waals surface area contributed by atoms with Crippen LogP contribution in [0.4, 0.5) is 10.1 Å². The Balaban J connectivity index is 1.56. The molecule has 0 saturated carbocycles. The number of halogens is 1. The zero-order valence-corrected chi connectivity index (χ0v) is 13.5. The van der Waals surface area contributed by atoms with Gasteiger partial charge in [-0.05, 0) is 34.7 Å². The third-order valence-electron chi connectivity index (χ3n) is 3.45. The van der Waals surface area contributed by atoms with Crippen molar-refractivity contribution in [3.63, 3.8) is 0 Å². The Labute approximate surface area is 143 Å². The summed E-state index contributed by atoms with van der Waals surface area (Å²) in [5.74, 6) is 0.0449. The molecule has 128 valence electrons. The lowest BCUT2D eigenvalue weighted by atomic mass is 10.2. The van der Waals surface area contributed by atoms with Gasteiger partial charge in [-0.2, -0.15) is 0 Å². The van der Waals surface area contributed by atoms with Crippen LogP contribution < -0.4 is 10.1 Å². The summed E-state index contributed by atoms with van der Waals surface area (Å²) in [4.78, 5) is 12.0. The summed E-state index contributed by atoms with van der Waals surface area (Å²) >= 11 is 0. The van der Waals surface area contributed by atoms with Gasteiger partial charge in [0.25, 0.3) is 0 Å². The van der Waals surface area contributed by atoms with Gasteiger partial charge >= 0.3 is 0 Å². The fraction of sp³-hybridized carbons (Fsp3) is 0.176. The molecule has 1 aromatic heterocycles. The quantitative estimate of drug-likeness (QED) is 0.745. The first kappa shape index (κ1) is 16.6. The van der Waals surface area contributed by atoms with Crippen molar-refractivity contribution in [1.29, 1.82) is 0 Å². The molecule has 0 atom stereocenters. The molecule has 8 heteroatoms. The molecule has 2 aromatic carbocycles. The Hall–Kier alpha value is -3.29. The lowest BCUT2D eigenvalue weighted by Gasteiger charge is -2.09. The van der Waals surface area contributed by atoms with Gasteiger partial charge in [-0.3, -0.25) is 4.79 Å². The molecular formula is C17H16FN5O2. The predicted octanol–water partition coefficient (Wildman–Crippen LogP) is 2.42. The number of benzene rings is 2. The number of para-hydroxylation sites is 1. The topological polar surface area (TPSA) is 81.9 Å². The summed E-state index contributed by atoms with van der Waals surface area (Å²) in [6.45, 7) is 0.0830. The van der Waals surface area contributed by atoms with E-state index in [-0.39, 0.29) is 24.7 Å². The number of carbonyl (C=O) groups excluding carboxylic acids is 1. The van der Waals surface area contributed by atoms with E-state index >= 15 is 0 Å². The normalized spacial score (nSPS) is 10.5. The highest BCUT2D eigenvalue weighted by molar-refractivity contribution is 5.91. The molecule has 0 aliphatic rings. The number of carbonyl (C=O) groups is 1. The number of hydrogen-bond acceptors (Lipinski definition) is 5. The maximum absolute atomic E-state index is 13.4. The summed E-state index contributed by atoms with van der Waals surface area (Å²) in [5.41, 5.74) is 1.41. The predicted molar refractivity (Wildman–Crippen MR) is 89.4 cm³/mol. The number of ether oxygens (including phenoxy) is 1. The number of rotatable bonds is 6. The van der Waals surface area contributed by atoms with Crippen molar-refractivity contribution in [2.45, 2.75) is 6.42 Å². The van der Waals surface area contributed by atoms with Crippen molar-refractivity contribution < 1.29 is 13.9 Å². The van der Waals surface area contributed by atoms with E-state index in [0.29, 0.717) is 11.5 Å². The fourth-order valence-electron chi connectivity index (χ4n) is 2.25. The van der Waals surface area contributed by atoms with Crippen molar-refractivity contribution in [2.24, 2.45) is 7.05 Å². The van der Waals surface area contributed by atoms with Crippen molar-refractivity contribution in [1.82, 2.24) is 20.2 Å². The van der Waals surface area contributed by atoms with E-state index in [4.69, 9.17) is 4.74 Å². The Kier molecular flexibility index (Phi) is 4.98. The van der Waals surface area contributed by atoms with E-state index in [1.165, 1.54) is 12.1 Å². The summed E-state index contributed by atoms with van der Waals surface area (Å²) < 4.78 is 20.3. The number of nitrogens with zero attached hydrogens (tertiary/aromatic N) is 4. The van der Waals surface area contributed by atoms with Crippen LogP contribution in [0.5, 0.6) is 5.75 Å². The molecule has 0 aliphatic heterocycles. The first-order valence-electron chi connectivity index (χ1n) is 7.63. The average molecular weight is 341 g/mol. The highest BCUT2D eigenvalue weighted by Crippen LogP contribution is 2.20. The maximum atomic E-state index is 13.4. The smallest absolute Gasteiger partial charge is 0.227 e. The summed E-state index contributed by atoms with van der Waals surface area (Å²) in [7, 11) is 1.74. The van der Waals surface area contributed by atoms with Gasteiger partial charge in [-0.1, -0.05) is 24.3 Å². The number of aromatic nitrogens is 4. The van der Waals surface area contributed by atoms with Crippen LogP contribution in [0, 0.1) is 5.82 Å². The second-order valence-corrected chi connectivity index (χ2v) is 5.28.